The minimum atomic E-state index is -1.52. The lowest BCUT2D eigenvalue weighted by Gasteiger charge is -2.23. The minimum absolute atomic E-state index is 0.0474. The van der Waals surface area contributed by atoms with Crippen LogP contribution in [0.3, 0.4) is 0 Å². The maximum absolute atomic E-state index is 13.2. The van der Waals surface area contributed by atoms with Crippen LogP contribution >= 0.6 is 0 Å². The van der Waals surface area contributed by atoms with Crippen LogP contribution in [0, 0.1) is 11.5 Å². The second-order valence-corrected chi connectivity index (χ2v) is 14.6. The van der Waals surface area contributed by atoms with Crippen LogP contribution in [0.15, 0.2) is 24.3 Å². The summed E-state index contributed by atoms with van der Waals surface area (Å²) >= 11 is 0. The van der Waals surface area contributed by atoms with Crippen LogP contribution in [0.5, 0.6) is 0 Å². The average Bonchev–Trinajstić information content (AvgIpc) is 2.76. The van der Waals surface area contributed by atoms with Gasteiger partial charge in [0.05, 0.1) is 35.7 Å². The number of pyridine rings is 1. The van der Waals surface area contributed by atoms with Gasteiger partial charge in [0.15, 0.2) is 0 Å². The van der Waals surface area contributed by atoms with Gasteiger partial charge in [-0.3, -0.25) is 4.98 Å². The molecule has 0 aliphatic heterocycles. The molecule has 0 fully saturated rings. The number of carbonyl (C=O) groups excluding carboxylic acids is 2. The zero-order valence-corrected chi connectivity index (χ0v) is 23.0. The van der Waals surface area contributed by atoms with Crippen LogP contribution < -0.4 is 0 Å². The Balaban J connectivity index is 2.94. The number of benzene rings is 1. The monoisotopic (exact) mass is 479 g/mol. The molecule has 0 spiro atoms. The van der Waals surface area contributed by atoms with Gasteiger partial charge >= 0.3 is 11.9 Å². The molecule has 6 heteroatoms. The molecule has 2 aromatic rings. The maximum Gasteiger partial charge on any atom is 0.340 e. The fourth-order valence-electron chi connectivity index (χ4n) is 3.55. The van der Waals surface area contributed by atoms with E-state index in [1.165, 1.54) is 0 Å². The highest BCUT2D eigenvalue weighted by molar-refractivity contribution is 6.83. The van der Waals surface area contributed by atoms with E-state index in [4.69, 9.17) is 14.5 Å². The Kier molecular flexibility index (Phi) is 9.23. The first-order valence-electron chi connectivity index (χ1n) is 12.0. The molecule has 5 nitrogen and oxygen atoms in total. The van der Waals surface area contributed by atoms with Crippen LogP contribution in [0.2, 0.25) is 19.6 Å². The summed E-state index contributed by atoms with van der Waals surface area (Å²) in [6.45, 7) is 18.5. The van der Waals surface area contributed by atoms with E-state index in [0.29, 0.717) is 28.1 Å². The third kappa shape index (κ3) is 6.57. The topological polar surface area (TPSA) is 65.5 Å². The van der Waals surface area contributed by atoms with E-state index in [0.717, 1.165) is 11.1 Å². The summed E-state index contributed by atoms with van der Waals surface area (Å²) in [6, 6.07) is 7.67. The van der Waals surface area contributed by atoms with Crippen molar-refractivity contribution in [2.45, 2.75) is 73.0 Å². The molecule has 0 atom stereocenters. The summed E-state index contributed by atoms with van der Waals surface area (Å²) in [5, 5.41) is 0. The van der Waals surface area contributed by atoms with E-state index < -0.39 is 20.0 Å². The summed E-state index contributed by atoms with van der Waals surface area (Å²) in [6.07, 6.45) is 0. The van der Waals surface area contributed by atoms with Crippen molar-refractivity contribution in [1.29, 1.82) is 0 Å². The number of rotatable bonds is 7. The average molecular weight is 480 g/mol. The predicted molar refractivity (Wildman–Crippen MR) is 140 cm³/mol. The molecule has 1 aromatic heterocycles. The van der Waals surface area contributed by atoms with Gasteiger partial charge in [-0.25, -0.2) is 9.59 Å². The highest BCUT2D eigenvalue weighted by atomic mass is 28.3. The Hall–Kier alpha value is -2.91. The van der Waals surface area contributed by atoms with Crippen LogP contribution in [0.4, 0.5) is 0 Å². The Morgan fingerprint density at radius 3 is 1.65 bits per heavy atom. The molecule has 2 rings (SSSR count). The van der Waals surface area contributed by atoms with Gasteiger partial charge in [-0.15, -0.1) is 5.54 Å². The van der Waals surface area contributed by atoms with Gasteiger partial charge in [-0.05, 0) is 43.4 Å². The van der Waals surface area contributed by atoms with Crippen molar-refractivity contribution >= 4 is 20.0 Å². The minimum Gasteiger partial charge on any atom is -0.462 e. The van der Waals surface area contributed by atoms with Gasteiger partial charge in [0.25, 0.3) is 0 Å². The smallest absolute Gasteiger partial charge is 0.340 e. The van der Waals surface area contributed by atoms with E-state index >= 15 is 0 Å². The fourth-order valence-corrected chi connectivity index (χ4v) is 4.07. The molecule has 0 N–H and O–H groups in total. The first-order valence-corrected chi connectivity index (χ1v) is 15.5. The number of nitrogens with zero attached hydrogens (tertiary/aromatic N) is 1. The second-order valence-electron chi connectivity index (χ2n) is 9.83. The Bertz CT molecular complexity index is 1050. The Morgan fingerprint density at radius 1 is 0.853 bits per heavy atom. The van der Waals surface area contributed by atoms with Gasteiger partial charge in [-0.2, -0.15) is 0 Å². The van der Waals surface area contributed by atoms with Crippen LogP contribution in [0.1, 0.15) is 91.0 Å². The summed E-state index contributed by atoms with van der Waals surface area (Å²) in [5.74, 6) is 2.18. The van der Waals surface area contributed by atoms with Crippen molar-refractivity contribution in [3.8, 4) is 22.6 Å². The molecule has 0 aliphatic carbocycles. The first kappa shape index (κ1) is 27.3. The normalized spacial score (nSPS) is 11.3. The third-order valence-electron chi connectivity index (χ3n) is 5.06. The number of hydrogen-bond acceptors (Lipinski definition) is 5. The van der Waals surface area contributed by atoms with Crippen LogP contribution in [0.25, 0.3) is 11.1 Å². The molecule has 0 unspecified atom stereocenters. The number of carbonyl (C=O) groups is 2. The third-order valence-corrected chi connectivity index (χ3v) is 5.94. The molecular weight excluding hydrogens is 442 g/mol. The number of aromatic nitrogens is 1. The van der Waals surface area contributed by atoms with Gasteiger partial charge in [0.1, 0.15) is 8.07 Å². The molecule has 0 aliphatic rings. The molecule has 0 bridgehead atoms. The van der Waals surface area contributed by atoms with Gasteiger partial charge < -0.3 is 9.47 Å². The van der Waals surface area contributed by atoms with Gasteiger partial charge in [-0.1, -0.05) is 65.4 Å². The van der Waals surface area contributed by atoms with E-state index in [1.807, 2.05) is 52.0 Å². The molecule has 0 amide bonds. The van der Waals surface area contributed by atoms with Crippen LogP contribution in [-0.2, 0) is 9.47 Å². The van der Waals surface area contributed by atoms with Crippen molar-refractivity contribution in [3.63, 3.8) is 0 Å². The molecule has 0 radical (unpaired) electrons. The Labute approximate surface area is 205 Å². The molecule has 0 saturated carbocycles. The maximum atomic E-state index is 13.2. The Morgan fingerprint density at radius 2 is 1.29 bits per heavy atom. The zero-order chi connectivity index (χ0) is 25.6. The number of hydrogen-bond donors (Lipinski definition) is 0. The van der Waals surface area contributed by atoms with E-state index in [9.17, 15) is 9.59 Å². The first-order chi connectivity index (χ1) is 15.9. The van der Waals surface area contributed by atoms with E-state index in [1.54, 1.807) is 13.8 Å². The quantitative estimate of drug-likeness (QED) is 0.255. The summed E-state index contributed by atoms with van der Waals surface area (Å²) < 4.78 is 10.9. The molecule has 0 saturated heterocycles. The summed E-state index contributed by atoms with van der Waals surface area (Å²) in [5.41, 5.74) is 7.40. The number of esters is 2. The summed E-state index contributed by atoms with van der Waals surface area (Å²) in [4.78, 5) is 31.3. The van der Waals surface area contributed by atoms with Gasteiger partial charge in [0, 0.05) is 11.1 Å². The van der Waals surface area contributed by atoms with Crippen molar-refractivity contribution in [3.05, 3.63) is 52.3 Å². The SMILES string of the molecule is CCOC(=O)c1c(C(C)C)nc(C(C)C)c(C(=O)OCC)c1-c1ccc(C#C[Si](C)(C)C)cc1. The lowest BCUT2D eigenvalue weighted by Crippen LogP contribution is -2.21. The molecular formula is C28H37NO4Si. The summed E-state index contributed by atoms with van der Waals surface area (Å²) in [7, 11) is -1.52. The fraction of sp³-hybridized carbons (Fsp3) is 0.464. The van der Waals surface area contributed by atoms with E-state index in [2.05, 4.69) is 31.1 Å². The van der Waals surface area contributed by atoms with Crippen LogP contribution in [-0.4, -0.2) is 38.2 Å². The second kappa shape index (κ2) is 11.5. The van der Waals surface area contributed by atoms with Crippen molar-refractivity contribution in [2.24, 2.45) is 0 Å². The highest BCUT2D eigenvalue weighted by Gasteiger charge is 2.32. The van der Waals surface area contributed by atoms with Crippen molar-refractivity contribution < 1.29 is 19.1 Å². The molecule has 182 valence electrons. The van der Waals surface area contributed by atoms with Crippen molar-refractivity contribution in [2.75, 3.05) is 13.2 Å². The predicted octanol–water partition coefficient (Wildman–Crippen LogP) is 6.58. The molecule has 34 heavy (non-hydrogen) atoms. The molecule has 1 aromatic carbocycles. The van der Waals surface area contributed by atoms with E-state index in [-0.39, 0.29) is 25.0 Å². The lowest BCUT2D eigenvalue weighted by atomic mass is 9.87. The zero-order valence-electron chi connectivity index (χ0n) is 22.0. The lowest BCUT2D eigenvalue weighted by molar-refractivity contribution is 0.0523. The largest absolute Gasteiger partial charge is 0.462 e. The standard InChI is InChI=1S/C28H37NO4Si/c1-10-32-27(30)23-22(21-14-12-20(13-15-21)16-17-34(7,8)9)24(28(31)33-11-2)26(19(5)6)29-25(23)18(3)4/h12-15,18-19H,10-11H2,1-9H3. The number of ether oxygens (including phenoxy) is 2. The molecule has 1 heterocycles. The van der Waals surface area contributed by atoms with Crippen molar-refractivity contribution in [1.82, 2.24) is 4.98 Å². The highest BCUT2D eigenvalue weighted by Crippen LogP contribution is 2.37. The van der Waals surface area contributed by atoms with Gasteiger partial charge in [0.2, 0.25) is 0 Å².